The van der Waals surface area contributed by atoms with E-state index in [1.165, 1.54) is 0 Å². The molecule has 0 aromatic carbocycles. The third kappa shape index (κ3) is 10.3. The van der Waals surface area contributed by atoms with Crippen LogP contribution in [0.4, 0.5) is 11.9 Å². The first kappa shape index (κ1) is 40.9. The average molecular weight is 687 g/mol. The molecule has 0 atom stereocenters. The molecule has 1 N–H and O–H groups in total. The van der Waals surface area contributed by atoms with Crippen molar-refractivity contribution in [3.8, 4) is 0 Å². The summed E-state index contributed by atoms with van der Waals surface area (Å²) in [7, 11) is 6.27. The van der Waals surface area contributed by atoms with E-state index >= 15 is 0 Å². The third-order valence-corrected chi connectivity index (χ3v) is 10.9. The fourth-order valence-electron chi connectivity index (χ4n) is 7.22. The Morgan fingerprint density at radius 3 is 1.65 bits per heavy atom. The number of likely N-dealkylation sites (N-methyl/N-ethyl adjacent to an activating group) is 3. The van der Waals surface area contributed by atoms with Crippen molar-refractivity contribution in [3.05, 3.63) is 5.82 Å². The summed E-state index contributed by atoms with van der Waals surface area (Å²) in [5.41, 5.74) is -1.43. The second-order valence-electron chi connectivity index (χ2n) is 17.9. The summed E-state index contributed by atoms with van der Waals surface area (Å²) in [5, 5.41) is 3.41. The number of carbonyl (C=O) groups is 2. The van der Waals surface area contributed by atoms with Gasteiger partial charge in [0, 0.05) is 62.4 Å². The molecule has 2 aliphatic rings. The van der Waals surface area contributed by atoms with E-state index in [4.69, 9.17) is 9.97 Å². The highest BCUT2D eigenvalue weighted by Gasteiger charge is 2.49. The minimum absolute atomic E-state index is 0.0538. The van der Waals surface area contributed by atoms with Gasteiger partial charge in [-0.2, -0.15) is 15.0 Å². The lowest BCUT2D eigenvalue weighted by atomic mass is 9.87. The number of hydrogen-bond donors (Lipinski definition) is 1. The van der Waals surface area contributed by atoms with Gasteiger partial charge in [-0.1, -0.05) is 12.8 Å². The largest absolute Gasteiger partial charge is 0.349 e. The summed E-state index contributed by atoms with van der Waals surface area (Å²) in [4.78, 5) is 54.0. The molecule has 0 saturated carbocycles. The van der Waals surface area contributed by atoms with E-state index in [0.717, 1.165) is 58.4 Å². The van der Waals surface area contributed by atoms with Crippen LogP contribution < -0.4 is 10.2 Å². The first-order valence-electron chi connectivity index (χ1n) is 18.4. The van der Waals surface area contributed by atoms with E-state index in [0.29, 0.717) is 37.4 Å². The molecular formula is C37H70N10O2. The van der Waals surface area contributed by atoms with Gasteiger partial charge in [0.1, 0.15) is 5.82 Å². The van der Waals surface area contributed by atoms with E-state index in [-0.39, 0.29) is 28.4 Å². The molecule has 3 heterocycles. The Morgan fingerprint density at radius 2 is 1.16 bits per heavy atom. The van der Waals surface area contributed by atoms with E-state index in [2.05, 4.69) is 92.5 Å². The van der Waals surface area contributed by atoms with Gasteiger partial charge in [-0.15, -0.1) is 0 Å². The zero-order valence-corrected chi connectivity index (χ0v) is 33.8. The standard InChI is InChI=1S/C37H70N10O2/c1-28-38-31(41-33(2,3)4)40-32(39-28)45(24-25-47-27-35(7,8)44(15)37(11,12)30(47)49)21-19-17-16-18-20-42(13)22-23-46-26-34(5,6)43(14)36(9,10)29(46)48/h16-27H2,1-15H3,(H,38,39,40,41). The Labute approximate surface area is 298 Å². The van der Waals surface area contributed by atoms with Gasteiger partial charge in [-0.25, -0.2) is 0 Å². The highest BCUT2D eigenvalue weighted by Crippen LogP contribution is 2.32. The highest BCUT2D eigenvalue weighted by molar-refractivity contribution is 5.87. The minimum Gasteiger partial charge on any atom is -0.349 e. The smallest absolute Gasteiger partial charge is 0.242 e. The summed E-state index contributed by atoms with van der Waals surface area (Å²) in [6, 6.07) is 0. The molecule has 280 valence electrons. The van der Waals surface area contributed by atoms with Gasteiger partial charge >= 0.3 is 0 Å². The van der Waals surface area contributed by atoms with E-state index in [1.807, 2.05) is 51.5 Å². The van der Waals surface area contributed by atoms with Gasteiger partial charge in [0.2, 0.25) is 23.7 Å². The number of rotatable bonds is 15. The van der Waals surface area contributed by atoms with E-state index in [9.17, 15) is 9.59 Å². The molecular weight excluding hydrogens is 616 g/mol. The highest BCUT2D eigenvalue weighted by atomic mass is 16.2. The van der Waals surface area contributed by atoms with Crippen molar-refractivity contribution in [2.75, 3.05) is 83.7 Å². The third-order valence-electron chi connectivity index (χ3n) is 10.9. The Bertz CT molecular complexity index is 1290. The monoisotopic (exact) mass is 687 g/mol. The molecule has 0 radical (unpaired) electrons. The second-order valence-corrected chi connectivity index (χ2v) is 17.9. The van der Waals surface area contributed by atoms with Crippen LogP contribution in [0.5, 0.6) is 0 Å². The molecule has 3 rings (SSSR count). The SMILES string of the molecule is Cc1nc(NC(C)(C)C)nc(N(CCCCCCN(C)CCN2CC(C)(C)N(C)C(C)(C)C2=O)CCN2CC(C)(C)N(C)C(C)(C)C2=O)n1. The van der Waals surface area contributed by atoms with Crippen LogP contribution in [0.1, 0.15) is 108 Å². The summed E-state index contributed by atoms with van der Waals surface area (Å²) in [6.07, 6.45) is 4.32. The maximum absolute atomic E-state index is 13.6. The van der Waals surface area contributed by atoms with Crippen LogP contribution in [-0.2, 0) is 9.59 Å². The van der Waals surface area contributed by atoms with Crippen LogP contribution in [0.25, 0.3) is 0 Å². The zero-order chi connectivity index (χ0) is 37.2. The number of anilines is 2. The molecule has 12 heteroatoms. The van der Waals surface area contributed by atoms with Crippen LogP contribution in [-0.4, -0.2) is 152 Å². The molecule has 2 amide bonds. The van der Waals surface area contributed by atoms with Crippen LogP contribution in [0.2, 0.25) is 0 Å². The van der Waals surface area contributed by atoms with Gasteiger partial charge in [-0.3, -0.25) is 19.4 Å². The van der Waals surface area contributed by atoms with Gasteiger partial charge in [0.15, 0.2) is 0 Å². The number of amides is 2. The topological polar surface area (TPSA) is 104 Å². The predicted molar refractivity (Wildman–Crippen MR) is 201 cm³/mol. The van der Waals surface area contributed by atoms with Crippen LogP contribution in [0.15, 0.2) is 0 Å². The summed E-state index contributed by atoms with van der Waals surface area (Å²) in [6.45, 7) is 31.3. The molecule has 49 heavy (non-hydrogen) atoms. The Balaban J connectivity index is 1.57. The van der Waals surface area contributed by atoms with Crippen molar-refractivity contribution in [1.82, 2.24) is 39.5 Å². The summed E-state index contributed by atoms with van der Waals surface area (Å²) < 4.78 is 0. The van der Waals surface area contributed by atoms with Gasteiger partial charge in [0.25, 0.3) is 0 Å². The fourth-order valence-corrected chi connectivity index (χ4v) is 7.22. The van der Waals surface area contributed by atoms with E-state index < -0.39 is 11.1 Å². The fraction of sp³-hybridized carbons (Fsp3) is 0.865. The van der Waals surface area contributed by atoms with Crippen molar-refractivity contribution in [2.24, 2.45) is 0 Å². The number of unbranched alkanes of at least 4 members (excludes halogenated alkanes) is 3. The number of carbonyl (C=O) groups excluding carboxylic acids is 2. The molecule has 0 aliphatic carbocycles. The number of piperazine rings is 2. The molecule has 2 saturated heterocycles. The number of hydrogen-bond acceptors (Lipinski definition) is 10. The molecule has 1 aromatic heterocycles. The lowest BCUT2D eigenvalue weighted by molar-refractivity contribution is -0.157. The van der Waals surface area contributed by atoms with Crippen molar-refractivity contribution in [2.45, 2.75) is 136 Å². The number of nitrogens with zero attached hydrogens (tertiary/aromatic N) is 9. The minimum atomic E-state index is -0.569. The molecule has 0 spiro atoms. The van der Waals surface area contributed by atoms with Crippen molar-refractivity contribution >= 4 is 23.7 Å². The van der Waals surface area contributed by atoms with Crippen LogP contribution in [0.3, 0.4) is 0 Å². The number of aromatic nitrogens is 3. The summed E-state index contributed by atoms with van der Waals surface area (Å²) in [5.74, 6) is 2.28. The zero-order valence-electron chi connectivity index (χ0n) is 33.8. The predicted octanol–water partition coefficient (Wildman–Crippen LogP) is 4.35. The molecule has 12 nitrogen and oxygen atoms in total. The van der Waals surface area contributed by atoms with E-state index in [1.54, 1.807) is 0 Å². The Morgan fingerprint density at radius 1 is 0.694 bits per heavy atom. The second kappa shape index (κ2) is 15.4. The van der Waals surface area contributed by atoms with Gasteiger partial charge < -0.3 is 24.9 Å². The lowest BCUT2D eigenvalue weighted by Gasteiger charge is -2.53. The molecule has 2 aliphatic heterocycles. The van der Waals surface area contributed by atoms with Crippen LogP contribution >= 0.6 is 0 Å². The lowest BCUT2D eigenvalue weighted by Crippen LogP contribution is -2.70. The first-order chi connectivity index (χ1) is 22.4. The molecule has 2 fully saturated rings. The first-order valence-corrected chi connectivity index (χ1v) is 18.4. The average Bonchev–Trinajstić information content (AvgIpc) is 2.97. The maximum Gasteiger partial charge on any atom is 0.242 e. The van der Waals surface area contributed by atoms with Crippen LogP contribution in [0, 0.1) is 6.92 Å². The van der Waals surface area contributed by atoms with Gasteiger partial charge in [0.05, 0.1) is 11.1 Å². The van der Waals surface area contributed by atoms with Crippen molar-refractivity contribution < 1.29 is 9.59 Å². The molecule has 0 unspecified atom stereocenters. The van der Waals surface area contributed by atoms with Gasteiger partial charge in [-0.05, 0) is 124 Å². The Kier molecular flexibility index (Phi) is 12.8. The number of nitrogens with one attached hydrogen (secondary N) is 1. The summed E-state index contributed by atoms with van der Waals surface area (Å²) >= 11 is 0. The molecule has 1 aromatic rings. The van der Waals surface area contributed by atoms with Crippen molar-refractivity contribution in [3.63, 3.8) is 0 Å². The number of aryl methyl sites for hydroxylation is 1. The van der Waals surface area contributed by atoms with Crippen molar-refractivity contribution in [1.29, 1.82) is 0 Å². The Hall–Kier alpha value is -2.57. The molecule has 0 bridgehead atoms. The quantitative estimate of drug-likeness (QED) is 0.268. The maximum atomic E-state index is 13.6. The normalized spacial score (nSPS) is 21.1.